The number of thiazole rings is 1. The topological polar surface area (TPSA) is 46.8 Å². The Morgan fingerprint density at radius 2 is 2.27 bits per heavy atom. The summed E-state index contributed by atoms with van der Waals surface area (Å²) in [6.45, 7) is 5.36. The summed E-state index contributed by atoms with van der Waals surface area (Å²) >= 11 is 3.29. The molecule has 1 aliphatic carbocycles. The number of rotatable bonds is 7. The van der Waals surface area contributed by atoms with Crippen molar-refractivity contribution in [3.05, 3.63) is 40.9 Å². The Morgan fingerprint density at radius 1 is 1.40 bits per heavy atom. The monoisotopic (exact) mass is 447 g/mol. The number of aryl methyl sites for hydroxylation is 1. The molecule has 30 heavy (non-hydrogen) atoms. The van der Waals surface area contributed by atoms with Crippen molar-refractivity contribution in [1.29, 1.82) is 0 Å². The average Bonchev–Trinajstić information content (AvgIpc) is 3.03. The smallest absolute Gasteiger partial charge is 0.196 e. The molecule has 3 heterocycles. The lowest BCUT2D eigenvalue weighted by Crippen LogP contribution is -2.27. The molecule has 1 saturated carbocycles. The predicted molar refractivity (Wildman–Crippen MR) is 117 cm³/mol. The fourth-order valence-corrected chi connectivity index (χ4v) is 6.35. The molecule has 0 amide bonds. The van der Waals surface area contributed by atoms with Crippen LogP contribution in [0.1, 0.15) is 29.2 Å². The zero-order chi connectivity index (χ0) is 20.9. The molecule has 1 aromatic carbocycles. The summed E-state index contributed by atoms with van der Waals surface area (Å²) in [7, 11) is 1.65. The normalized spacial score (nSPS) is 24.0. The van der Waals surface area contributed by atoms with Crippen molar-refractivity contribution in [1.82, 2.24) is 24.6 Å². The standard InChI is InChI=1S/C21H23F2N5S2/c1-13-24-17-8-14(4-5-18(17)30-13)21-9-15(21)11-28(12-21)6-3-7-29-20-26-25-19(27(20)2)16(23)10-22/h4-5,8,10,15H,3,6-7,9,11-12H2,1-2H3/b16-10-/t15-,21+/m1/s1. The van der Waals surface area contributed by atoms with E-state index < -0.39 is 5.83 Å². The molecule has 0 N–H and O–H groups in total. The molecule has 1 aliphatic heterocycles. The number of piperidine rings is 1. The largest absolute Gasteiger partial charge is 0.303 e. The number of halogens is 2. The van der Waals surface area contributed by atoms with Gasteiger partial charge in [0.25, 0.3) is 0 Å². The van der Waals surface area contributed by atoms with E-state index in [1.165, 1.54) is 33.0 Å². The first kappa shape index (κ1) is 20.1. The van der Waals surface area contributed by atoms with Gasteiger partial charge in [-0.25, -0.2) is 13.8 Å². The summed E-state index contributed by atoms with van der Waals surface area (Å²) < 4.78 is 28.5. The quantitative estimate of drug-likeness (QED) is 0.387. The number of aromatic nitrogens is 4. The van der Waals surface area contributed by atoms with Crippen LogP contribution in [0.15, 0.2) is 29.7 Å². The lowest BCUT2D eigenvalue weighted by molar-refractivity contribution is 0.299. The maximum atomic E-state index is 13.4. The second kappa shape index (κ2) is 7.69. The maximum Gasteiger partial charge on any atom is 0.196 e. The zero-order valence-corrected chi connectivity index (χ0v) is 18.6. The van der Waals surface area contributed by atoms with Gasteiger partial charge in [-0.15, -0.1) is 21.5 Å². The van der Waals surface area contributed by atoms with Crippen LogP contribution >= 0.6 is 23.1 Å². The summed E-state index contributed by atoms with van der Waals surface area (Å²) in [6.07, 6.45) is 2.21. The second-order valence-corrected chi connectivity index (χ2v) is 10.5. The van der Waals surface area contributed by atoms with E-state index in [1.807, 2.05) is 0 Å². The molecule has 3 aromatic rings. The van der Waals surface area contributed by atoms with E-state index in [0.29, 0.717) is 10.6 Å². The van der Waals surface area contributed by atoms with Crippen LogP contribution in [0.25, 0.3) is 16.0 Å². The summed E-state index contributed by atoms with van der Waals surface area (Å²) in [5.41, 5.74) is 2.89. The highest BCUT2D eigenvalue weighted by molar-refractivity contribution is 7.99. The van der Waals surface area contributed by atoms with Gasteiger partial charge in [-0.3, -0.25) is 0 Å². The number of benzene rings is 1. The minimum absolute atomic E-state index is 0.0751. The fourth-order valence-electron chi connectivity index (χ4n) is 4.71. The van der Waals surface area contributed by atoms with Gasteiger partial charge in [-0.2, -0.15) is 0 Å². The van der Waals surface area contributed by atoms with Crippen LogP contribution in [0.5, 0.6) is 0 Å². The van der Waals surface area contributed by atoms with Gasteiger partial charge in [-0.05, 0) is 49.9 Å². The predicted octanol–water partition coefficient (Wildman–Crippen LogP) is 4.73. The highest BCUT2D eigenvalue weighted by Gasteiger charge is 2.60. The lowest BCUT2D eigenvalue weighted by Gasteiger charge is -2.21. The van der Waals surface area contributed by atoms with Crippen LogP contribution in [0.4, 0.5) is 8.78 Å². The van der Waals surface area contributed by atoms with Crippen molar-refractivity contribution in [2.45, 2.75) is 30.3 Å². The van der Waals surface area contributed by atoms with Gasteiger partial charge in [0.2, 0.25) is 0 Å². The third-order valence-corrected chi connectivity index (χ3v) is 8.34. The second-order valence-electron chi connectivity index (χ2n) is 8.23. The van der Waals surface area contributed by atoms with E-state index >= 15 is 0 Å². The molecule has 1 saturated heterocycles. The highest BCUT2D eigenvalue weighted by atomic mass is 32.2. The van der Waals surface area contributed by atoms with Crippen molar-refractivity contribution in [3.8, 4) is 0 Å². The van der Waals surface area contributed by atoms with Gasteiger partial charge in [0.15, 0.2) is 16.8 Å². The van der Waals surface area contributed by atoms with Crippen LogP contribution in [0.2, 0.25) is 0 Å². The Labute approximate surface area is 182 Å². The van der Waals surface area contributed by atoms with Gasteiger partial charge in [0, 0.05) is 31.3 Å². The summed E-state index contributed by atoms with van der Waals surface area (Å²) in [4.78, 5) is 7.22. The van der Waals surface area contributed by atoms with Crippen LogP contribution in [0, 0.1) is 12.8 Å². The minimum atomic E-state index is -0.996. The Bertz CT molecular complexity index is 1120. The van der Waals surface area contributed by atoms with E-state index in [9.17, 15) is 8.78 Å². The van der Waals surface area contributed by atoms with Crippen molar-refractivity contribution in [2.75, 3.05) is 25.4 Å². The first-order valence-corrected chi connectivity index (χ1v) is 11.9. The third-order valence-electron chi connectivity index (χ3n) is 6.28. The van der Waals surface area contributed by atoms with Crippen molar-refractivity contribution in [3.63, 3.8) is 0 Å². The summed E-state index contributed by atoms with van der Waals surface area (Å²) in [5.74, 6) is 0.544. The molecule has 2 fully saturated rings. The fraction of sp³-hybridized carbons (Fsp3) is 0.476. The van der Waals surface area contributed by atoms with Gasteiger partial charge >= 0.3 is 0 Å². The molecule has 2 aliphatic rings. The van der Waals surface area contributed by atoms with E-state index in [4.69, 9.17) is 0 Å². The highest BCUT2D eigenvalue weighted by Crippen LogP contribution is 2.59. The number of likely N-dealkylation sites (tertiary alicyclic amines) is 1. The van der Waals surface area contributed by atoms with Crippen molar-refractivity contribution >= 4 is 39.1 Å². The van der Waals surface area contributed by atoms with Gasteiger partial charge in [0.05, 0.1) is 15.2 Å². The van der Waals surface area contributed by atoms with Crippen LogP contribution in [0.3, 0.4) is 0 Å². The van der Waals surface area contributed by atoms with E-state index in [1.54, 1.807) is 18.4 Å². The Morgan fingerprint density at radius 3 is 3.10 bits per heavy atom. The molecular weight excluding hydrogens is 424 g/mol. The molecule has 0 unspecified atom stereocenters. The number of fused-ring (bicyclic) bond motifs is 2. The van der Waals surface area contributed by atoms with Crippen LogP contribution in [-0.4, -0.2) is 50.0 Å². The molecule has 5 rings (SSSR count). The average molecular weight is 448 g/mol. The number of hydrogen-bond donors (Lipinski definition) is 0. The van der Waals surface area contributed by atoms with Crippen LogP contribution < -0.4 is 0 Å². The molecule has 2 atom stereocenters. The number of nitrogens with zero attached hydrogens (tertiary/aromatic N) is 5. The number of thioether (sulfide) groups is 1. The SMILES string of the molecule is Cc1nc2cc([C@@]34C[C@@H]3CN(CCCSc3nnc(/C(F)=C/F)n3C)C4)ccc2s1. The van der Waals surface area contributed by atoms with Crippen molar-refractivity contribution < 1.29 is 8.78 Å². The van der Waals surface area contributed by atoms with E-state index in [-0.39, 0.29) is 12.2 Å². The molecule has 2 aromatic heterocycles. The molecule has 158 valence electrons. The van der Waals surface area contributed by atoms with Crippen molar-refractivity contribution in [2.24, 2.45) is 13.0 Å². The maximum absolute atomic E-state index is 13.4. The Balaban J connectivity index is 1.15. The van der Waals surface area contributed by atoms with Crippen LogP contribution in [-0.2, 0) is 12.5 Å². The Kier molecular flexibility index (Phi) is 5.15. The first-order chi connectivity index (χ1) is 14.5. The van der Waals surface area contributed by atoms with Gasteiger partial charge < -0.3 is 9.47 Å². The molecule has 0 radical (unpaired) electrons. The molecule has 9 heteroatoms. The molecule has 0 bridgehead atoms. The summed E-state index contributed by atoms with van der Waals surface area (Å²) in [6, 6.07) is 6.83. The molecular formula is C21H23F2N5S2. The van der Waals surface area contributed by atoms with E-state index in [2.05, 4.69) is 45.2 Å². The van der Waals surface area contributed by atoms with E-state index in [0.717, 1.165) is 48.3 Å². The lowest BCUT2D eigenvalue weighted by atomic mass is 9.95. The zero-order valence-electron chi connectivity index (χ0n) is 16.9. The summed E-state index contributed by atoms with van der Waals surface area (Å²) in [5, 5.41) is 9.41. The molecule has 0 spiro atoms. The number of hydrogen-bond acceptors (Lipinski definition) is 6. The first-order valence-electron chi connectivity index (χ1n) is 10.1. The third kappa shape index (κ3) is 3.46. The molecule has 5 nitrogen and oxygen atoms in total. The Hall–Kier alpha value is -1.84. The van der Waals surface area contributed by atoms with Gasteiger partial charge in [-0.1, -0.05) is 17.8 Å². The van der Waals surface area contributed by atoms with Gasteiger partial charge in [0.1, 0.15) is 6.33 Å². The minimum Gasteiger partial charge on any atom is -0.303 e.